The first-order valence-electron chi connectivity index (χ1n) is 9.61. The van der Waals surface area contributed by atoms with E-state index in [-0.39, 0.29) is 0 Å². The van der Waals surface area contributed by atoms with Gasteiger partial charge in [0, 0.05) is 36.4 Å². The largest absolute Gasteiger partial charge is 0.379 e. The number of thiophene rings is 1. The van der Waals surface area contributed by atoms with E-state index in [2.05, 4.69) is 27.1 Å². The van der Waals surface area contributed by atoms with E-state index < -0.39 is 5.91 Å². The van der Waals surface area contributed by atoms with Gasteiger partial charge in [-0.3, -0.25) is 14.2 Å². The molecule has 4 aromatic rings. The van der Waals surface area contributed by atoms with Crippen LogP contribution in [0.2, 0.25) is 0 Å². The third kappa shape index (κ3) is 3.32. The van der Waals surface area contributed by atoms with Crippen LogP contribution in [-0.2, 0) is 4.74 Å². The number of anilines is 2. The Morgan fingerprint density at radius 3 is 2.70 bits per heavy atom. The highest BCUT2D eigenvalue weighted by Crippen LogP contribution is 2.32. The molecule has 0 saturated carbocycles. The van der Waals surface area contributed by atoms with E-state index in [1.165, 1.54) is 11.3 Å². The lowest BCUT2D eigenvalue weighted by Gasteiger charge is -2.38. The Kier molecular flexibility index (Phi) is 4.91. The molecule has 0 bridgehead atoms. The molecule has 8 nitrogen and oxygen atoms in total. The van der Waals surface area contributed by atoms with E-state index >= 15 is 0 Å². The summed E-state index contributed by atoms with van der Waals surface area (Å²) in [5, 5.41) is 6.25. The van der Waals surface area contributed by atoms with E-state index in [9.17, 15) is 4.79 Å². The molecule has 0 unspecified atom stereocenters. The number of amides is 1. The fourth-order valence-electron chi connectivity index (χ4n) is 3.61. The Hall–Kier alpha value is -3.27. The number of ether oxygens (including phenoxy) is 1. The van der Waals surface area contributed by atoms with Crippen molar-refractivity contribution in [2.75, 3.05) is 31.3 Å². The van der Waals surface area contributed by atoms with Gasteiger partial charge in [0.05, 0.1) is 35.7 Å². The average molecular weight is 420 g/mol. The van der Waals surface area contributed by atoms with Crippen LogP contribution in [0.25, 0.3) is 16.9 Å². The van der Waals surface area contributed by atoms with Gasteiger partial charge in [0.2, 0.25) is 0 Å². The Bertz CT molecular complexity index is 1180. The van der Waals surface area contributed by atoms with Crippen molar-refractivity contribution in [2.45, 2.75) is 0 Å². The fourth-order valence-corrected chi connectivity index (χ4v) is 4.36. The summed E-state index contributed by atoms with van der Waals surface area (Å²) < 4.78 is 7.54. The highest BCUT2D eigenvalue weighted by atomic mass is 32.1. The van der Waals surface area contributed by atoms with Gasteiger partial charge in [-0.15, -0.1) is 11.3 Å². The summed E-state index contributed by atoms with van der Waals surface area (Å²) in [6, 6.07) is 11.9. The van der Waals surface area contributed by atoms with Gasteiger partial charge >= 0.3 is 0 Å². The van der Waals surface area contributed by atoms with Crippen LogP contribution in [0, 0.1) is 0 Å². The topological polar surface area (TPSA) is 89.0 Å². The summed E-state index contributed by atoms with van der Waals surface area (Å²) in [4.78, 5) is 21.4. The van der Waals surface area contributed by atoms with E-state index in [0.717, 1.165) is 41.5 Å². The number of para-hydroxylation sites is 1. The molecule has 1 saturated heterocycles. The van der Waals surface area contributed by atoms with Crippen molar-refractivity contribution >= 4 is 34.4 Å². The zero-order chi connectivity index (χ0) is 20.5. The summed E-state index contributed by atoms with van der Waals surface area (Å²) in [6.45, 7) is 2.85. The number of fused-ring (bicyclic) bond motifs is 1. The number of primary amides is 1. The molecule has 0 aliphatic carbocycles. The minimum atomic E-state index is -0.430. The predicted molar refractivity (Wildman–Crippen MR) is 116 cm³/mol. The number of hydrogen-bond donors (Lipinski definition) is 1. The number of carbonyl (C=O) groups excluding carboxylic acids is 1. The van der Waals surface area contributed by atoms with Crippen molar-refractivity contribution in [3.05, 3.63) is 65.2 Å². The third-order valence-corrected chi connectivity index (χ3v) is 5.96. The van der Waals surface area contributed by atoms with Crippen LogP contribution in [-0.4, -0.2) is 51.6 Å². The highest BCUT2D eigenvalue weighted by Gasteiger charge is 2.25. The van der Waals surface area contributed by atoms with Crippen molar-refractivity contribution in [3.63, 3.8) is 0 Å². The van der Waals surface area contributed by atoms with Crippen molar-refractivity contribution in [1.82, 2.24) is 19.4 Å². The molecule has 1 aliphatic heterocycles. The molecule has 4 heterocycles. The maximum atomic E-state index is 11.5. The summed E-state index contributed by atoms with van der Waals surface area (Å²) in [7, 11) is 0. The van der Waals surface area contributed by atoms with Crippen molar-refractivity contribution < 1.29 is 9.53 Å². The second-order valence-corrected chi connectivity index (χ2v) is 7.78. The molecule has 9 heteroatoms. The zero-order valence-corrected chi connectivity index (χ0v) is 17.0. The monoisotopic (exact) mass is 420 g/mol. The SMILES string of the molecule is NC(=O)c1cc(-c2cnc(N(c3ccccc3)N3CCOCC3)c3nccn23)cs1. The molecule has 0 atom stereocenters. The fraction of sp³-hybridized carbons (Fsp3) is 0.190. The van der Waals surface area contributed by atoms with Crippen LogP contribution in [0.5, 0.6) is 0 Å². The van der Waals surface area contributed by atoms with Gasteiger partial charge in [-0.25, -0.2) is 15.0 Å². The standard InChI is InChI=1S/C21H20N6O2S/c22-19(28)18-12-15(14-30-18)17-13-24-21(20-23-6-7-26(17)20)27(16-4-2-1-3-5-16)25-8-10-29-11-9-25/h1-7,12-14H,8-11H2,(H2,22,28). The van der Waals surface area contributed by atoms with Crippen molar-refractivity contribution in [3.8, 4) is 11.3 Å². The highest BCUT2D eigenvalue weighted by molar-refractivity contribution is 7.12. The van der Waals surface area contributed by atoms with E-state index in [4.69, 9.17) is 15.5 Å². The molecule has 5 rings (SSSR count). The Morgan fingerprint density at radius 1 is 1.17 bits per heavy atom. The molecule has 0 spiro atoms. The Labute approximate surface area is 177 Å². The Balaban J connectivity index is 1.64. The van der Waals surface area contributed by atoms with Crippen LogP contribution in [0.3, 0.4) is 0 Å². The molecule has 0 radical (unpaired) electrons. The lowest BCUT2D eigenvalue weighted by molar-refractivity contribution is 0.0376. The van der Waals surface area contributed by atoms with Gasteiger partial charge in [0.15, 0.2) is 11.5 Å². The van der Waals surface area contributed by atoms with Crippen LogP contribution in [0.4, 0.5) is 11.5 Å². The van der Waals surface area contributed by atoms with Crippen LogP contribution >= 0.6 is 11.3 Å². The number of carbonyl (C=O) groups is 1. The van der Waals surface area contributed by atoms with Crippen LogP contribution in [0.1, 0.15) is 9.67 Å². The zero-order valence-electron chi connectivity index (χ0n) is 16.1. The number of rotatable bonds is 5. The van der Waals surface area contributed by atoms with E-state index in [0.29, 0.717) is 18.1 Å². The normalized spacial score (nSPS) is 14.8. The number of benzene rings is 1. The van der Waals surface area contributed by atoms with Gasteiger partial charge in [-0.2, -0.15) is 0 Å². The smallest absolute Gasteiger partial charge is 0.258 e. The summed E-state index contributed by atoms with van der Waals surface area (Å²) in [5.41, 5.74) is 8.90. The van der Waals surface area contributed by atoms with Crippen LogP contribution < -0.4 is 10.7 Å². The maximum absolute atomic E-state index is 11.5. The van der Waals surface area contributed by atoms with E-state index in [1.54, 1.807) is 12.3 Å². The first-order chi connectivity index (χ1) is 14.7. The molecule has 1 aliphatic rings. The summed E-state index contributed by atoms with van der Waals surface area (Å²) >= 11 is 1.33. The van der Waals surface area contributed by atoms with Gasteiger partial charge in [-0.05, 0) is 18.2 Å². The molecule has 1 aromatic carbocycles. The quantitative estimate of drug-likeness (QED) is 0.534. The lowest BCUT2D eigenvalue weighted by atomic mass is 10.2. The number of nitrogens with two attached hydrogens (primary N) is 1. The second-order valence-electron chi connectivity index (χ2n) is 6.87. The molecule has 152 valence electrons. The van der Waals surface area contributed by atoms with Crippen LogP contribution in [0.15, 0.2) is 60.4 Å². The van der Waals surface area contributed by atoms with Crippen molar-refractivity contribution in [1.29, 1.82) is 0 Å². The summed E-state index contributed by atoms with van der Waals surface area (Å²) in [6.07, 6.45) is 5.47. The molecule has 30 heavy (non-hydrogen) atoms. The molecular formula is C21H20N6O2S. The molecule has 1 fully saturated rings. The third-order valence-electron chi connectivity index (χ3n) is 5.02. The summed E-state index contributed by atoms with van der Waals surface area (Å²) in [5.74, 6) is 0.308. The predicted octanol–water partition coefficient (Wildman–Crippen LogP) is 2.94. The second kappa shape index (κ2) is 7.86. The van der Waals surface area contributed by atoms with Gasteiger partial charge in [0.1, 0.15) is 0 Å². The maximum Gasteiger partial charge on any atom is 0.258 e. The first kappa shape index (κ1) is 18.7. The molecule has 3 aromatic heterocycles. The number of hydrogen-bond acceptors (Lipinski definition) is 7. The molecule has 2 N–H and O–H groups in total. The average Bonchev–Trinajstić information content (AvgIpc) is 3.46. The lowest BCUT2D eigenvalue weighted by Crippen LogP contribution is -2.47. The van der Waals surface area contributed by atoms with Gasteiger partial charge in [-0.1, -0.05) is 18.2 Å². The van der Waals surface area contributed by atoms with Crippen molar-refractivity contribution in [2.24, 2.45) is 5.73 Å². The number of aromatic nitrogens is 3. The van der Waals surface area contributed by atoms with E-state index in [1.807, 2.05) is 40.4 Å². The number of imidazole rings is 1. The minimum absolute atomic E-state index is 0.430. The molecular weight excluding hydrogens is 400 g/mol. The first-order valence-corrected chi connectivity index (χ1v) is 10.5. The Morgan fingerprint density at radius 2 is 1.97 bits per heavy atom. The molecule has 1 amide bonds. The number of nitrogens with zero attached hydrogens (tertiary/aromatic N) is 5. The van der Waals surface area contributed by atoms with Gasteiger partial charge < -0.3 is 10.5 Å². The number of hydrazine groups is 1. The number of morpholine rings is 1. The van der Waals surface area contributed by atoms with Gasteiger partial charge in [0.25, 0.3) is 5.91 Å². The minimum Gasteiger partial charge on any atom is -0.379 e.